The van der Waals surface area contributed by atoms with Crippen molar-refractivity contribution >= 4 is 11.7 Å². The molecule has 2 amide bonds. The number of hydrogen-bond donors (Lipinski definition) is 3. The molecule has 1 aromatic carbocycles. The van der Waals surface area contributed by atoms with Gasteiger partial charge in [-0.1, -0.05) is 103 Å². The first-order valence-corrected chi connectivity index (χ1v) is 12.6. The first kappa shape index (κ1) is 27.3. The van der Waals surface area contributed by atoms with Gasteiger partial charge in [0.15, 0.2) is 0 Å². The van der Waals surface area contributed by atoms with Crippen molar-refractivity contribution in [3.63, 3.8) is 0 Å². The van der Waals surface area contributed by atoms with Gasteiger partial charge >= 0.3 is 6.03 Å². The summed E-state index contributed by atoms with van der Waals surface area (Å²) >= 11 is 0. The fourth-order valence-corrected chi connectivity index (χ4v) is 3.66. The average Bonchev–Trinajstić information content (AvgIpc) is 2.77. The van der Waals surface area contributed by atoms with E-state index in [9.17, 15) is 9.90 Å². The molecule has 0 atom stereocenters. The molecule has 0 fully saturated rings. The molecule has 0 aromatic heterocycles. The van der Waals surface area contributed by atoms with Crippen LogP contribution in [0.5, 0.6) is 5.75 Å². The molecule has 31 heavy (non-hydrogen) atoms. The molecule has 3 N–H and O–H groups in total. The predicted molar refractivity (Wildman–Crippen MR) is 131 cm³/mol. The molecule has 0 heterocycles. The molecular weight excluding hydrogens is 388 g/mol. The Kier molecular flexibility index (Phi) is 17.8. The third-order valence-corrected chi connectivity index (χ3v) is 5.60. The van der Waals surface area contributed by atoms with E-state index in [1.165, 1.54) is 108 Å². The van der Waals surface area contributed by atoms with E-state index in [1.807, 2.05) is 0 Å². The summed E-state index contributed by atoms with van der Waals surface area (Å²) in [6, 6.07) is 6.04. The lowest BCUT2D eigenvalue weighted by molar-refractivity contribution is 0.118. The third kappa shape index (κ3) is 17.6. The highest BCUT2D eigenvalue weighted by atomic mass is 16.5. The maximum Gasteiger partial charge on any atom is 0.321 e. The lowest BCUT2D eigenvalue weighted by Crippen LogP contribution is -2.30. The number of urea groups is 1. The summed E-state index contributed by atoms with van der Waals surface area (Å²) in [5, 5.41) is 14.6. The molecule has 0 aliphatic carbocycles. The summed E-state index contributed by atoms with van der Waals surface area (Å²) in [4.78, 5) is 11.7. The topological polar surface area (TPSA) is 70.6 Å². The quantitative estimate of drug-likeness (QED) is 0.112. The highest BCUT2D eigenvalue weighted by molar-refractivity contribution is 5.89. The molecule has 1 aromatic rings. The van der Waals surface area contributed by atoms with Gasteiger partial charge < -0.3 is 20.5 Å². The Bertz CT molecular complexity index is 534. The zero-order chi connectivity index (χ0) is 22.4. The second-order valence-corrected chi connectivity index (χ2v) is 8.53. The Morgan fingerprint density at radius 3 is 1.68 bits per heavy atom. The number of amides is 2. The molecule has 0 bridgehead atoms. The largest absolute Gasteiger partial charge is 0.508 e. The van der Waals surface area contributed by atoms with Crippen molar-refractivity contribution in [1.82, 2.24) is 5.32 Å². The van der Waals surface area contributed by atoms with Gasteiger partial charge in [0.05, 0.1) is 0 Å². The van der Waals surface area contributed by atoms with Crippen molar-refractivity contribution in [2.75, 3.05) is 18.7 Å². The Hall–Kier alpha value is -1.75. The summed E-state index contributed by atoms with van der Waals surface area (Å²) < 4.78 is 5.47. The SMILES string of the molecule is CCCCCCCCCCCCCCCCCCOCNC(=O)Nc1ccc(O)cc1. The van der Waals surface area contributed by atoms with Crippen molar-refractivity contribution in [2.45, 2.75) is 110 Å². The Morgan fingerprint density at radius 1 is 0.742 bits per heavy atom. The van der Waals surface area contributed by atoms with Crippen molar-refractivity contribution in [3.05, 3.63) is 24.3 Å². The number of phenolic OH excluding ortho intramolecular Hbond substituents is 1. The predicted octanol–water partition coefficient (Wildman–Crippen LogP) is 7.75. The first-order chi connectivity index (χ1) is 15.2. The van der Waals surface area contributed by atoms with E-state index >= 15 is 0 Å². The summed E-state index contributed by atoms with van der Waals surface area (Å²) in [6.07, 6.45) is 21.7. The highest BCUT2D eigenvalue weighted by Crippen LogP contribution is 2.14. The van der Waals surface area contributed by atoms with E-state index in [4.69, 9.17) is 4.74 Å². The molecule has 1 rings (SSSR count). The first-order valence-electron chi connectivity index (χ1n) is 12.6. The van der Waals surface area contributed by atoms with Crippen LogP contribution in [0.1, 0.15) is 110 Å². The molecular formula is C26H46N2O3. The van der Waals surface area contributed by atoms with Gasteiger partial charge in [-0.25, -0.2) is 4.79 Å². The maximum absolute atomic E-state index is 11.7. The zero-order valence-corrected chi connectivity index (χ0v) is 19.8. The van der Waals surface area contributed by atoms with Gasteiger partial charge in [0, 0.05) is 12.3 Å². The Morgan fingerprint density at radius 2 is 1.19 bits per heavy atom. The summed E-state index contributed by atoms with van der Waals surface area (Å²) in [6.45, 7) is 3.17. The number of ether oxygens (including phenoxy) is 1. The van der Waals surface area contributed by atoms with Gasteiger partial charge in [-0.15, -0.1) is 0 Å². The van der Waals surface area contributed by atoms with Crippen molar-refractivity contribution in [1.29, 1.82) is 0 Å². The highest BCUT2D eigenvalue weighted by Gasteiger charge is 2.01. The molecule has 5 heteroatoms. The second-order valence-electron chi connectivity index (χ2n) is 8.53. The van der Waals surface area contributed by atoms with Gasteiger partial charge in [-0.05, 0) is 30.7 Å². The van der Waals surface area contributed by atoms with E-state index in [0.29, 0.717) is 12.3 Å². The minimum Gasteiger partial charge on any atom is -0.508 e. The molecule has 5 nitrogen and oxygen atoms in total. The van der Waals surface area contributed by atoms with Crippen LogP contribution in [-0.2, 0) is 4.74 Å². The van der Waals surface area contributed by atoms with Crippen LogP contribution in [0.3, 0.4) is 0 Å². The van der Waals surface area contributed by atoms with Crippen LogP contribution < -0.4 is 10.6 Å². The number of carbonyl (C=O) groups is 1. The van der Waals surface area contributed by atoms with E-state index < -0.39 is 0 Å². The smallest absolute Gasteiger partial charge is 0.321 e. The molecule has 0 radical (unpaired) electrons. The van der Waals surface area contributed by atoms with Gasteiger partial charge in [-0.3, -0.25) is 0 Å². The molecule has 0 aliphatic heterocycles. The van der Waals surface area contributed by atoms with Crippen LogP contribution >= 0.6 is 0 Å². The molecule has 0 saturated carbocycles. The second kappa shape index (κ2) is 20.2. The monoisotopic (exact) mass is 434 g/mol. The number of unbranched alkanes of at least 4 members (excludes halogenated alkanes) is 15. The van der Waals surface area contributed by atoms with E-state index in [1.54, 1.807) is 12.1 Å². The van der Waals surface area contributed by atoms with Crippen LogP contribution in [0.15, 0.2) is 24.3 Å². The van der Waals surface area contributed by atoms with E-state index in [0.717, 1.165) is 6.42 Å². The summed E-state index contributed by atoms with van der Waals surface area (Å²) in [5.41, 5.74) is 0.633. The Labute approximate surface area is 190 Å². The normalized spacial score (nSPS) is 10.9. The van der Waals surface area contributed by atoms with Crippen LogP contribution in [0, 0.1) is 0 Å². The average molecular weight is 435 g/mol. The number of nitrogens with one attached hydrogen (secondary N) is 2. The molecule has 0 saturated heterocycles. The number of phenols is 1. The number of anilines is 1. The van der Waals surface area contributed by atoms with Gasteiger partial charge in [0.2, 0.25) is 0 Å². The molecule has 0 spiro atoms. The van der Waals surface area contributed by atoms with Gasteiger partial charge in [0.25, 0.3) is 0 Å². The van der Waals surface area contributed by atoms with Gasteiger partial charge in [-0.2, -0.15) is 0 Å². The van der Waals surface area contributed by atoms with E-state index in [2.05, 4.69) is 17.6 Å². The summed E-state index contributed by atoms with van der Waals surface area (Å²) in [7, 11) is 0. The fourth-order valence-electron chi connectivity index (χ4n) is 3.66. The number of benzene rings is 1. The van der Waals surface area contributed by atoms with Crippen LogP contribution in [0.25, 0.3) is 0 Å². The van der Waals surface area contributed by atoms with Crippen molar-refractivity contribution < 1.29 is 14.6 Å². The van der Waals surface area contributed by atoms with Crippen LogP contribution in [0.2, 0.25) is 0 Å². The van der Waals surface area contributed by atoms with E-state index in [-0.39, 0.29) is 18.5 Å². The van der Waals surface area contributed by atoms with Crippen LogP contribution in [-0.4, -0.2) is 24.5 Å². The van der Waals surface area contributed by atoms with Crippen molar-refractivity contribution in [3.8, 4) is 5.75 Å². The fraction of sp³-hybridized carbons (Fsp3) is 0.731. The van der Waals surface area contributed by atoms with Gasteiger partial charge in [0.1, 0.15) is 12.5 Å². The number of hydrogen-bond acceptors (Lipinski definition) is 3. The molecule has 0 unspecified atom stereocenters. The zero-order valence-electron chi connectivity index (χ0n) is 19.8. The number of aromatic hydroxyl groups is 1. The lowest BCUT2D eigenvalue weighted by Gasteiger charge is -2.08. The molecule has 0 aliphatic rings. The standard InChI is InChI=1S/C26H46N2O3/c1-2-3-4-5-6-7-8-9-10-11-12-13-14-15-16-17-22-31-23-27-26(30)28-24-18-20-25(29)21-19-24/h18-21,29H,2-17,22-23H2,1H3,(H2,27,28,30). The lowest BCUT2D eigenvalue weighted by atomic mass is 10.0. The Balaban J connectivity index is 1.75. The van der Waals surface area contributed by atoms with Crippen LogP contribution in [0.4, 0.5) is 10.5 Å². The third-order valence-electron chi connectivity index (χ3n) is 5.60. The van der Waals surface area contributed by atoms with Crippen molar-refractivity contribution in [2.24, 2.45) is 0 Å². The maximum atomic E-state index is 11.7. The minimum atomic E-state index is -0.308. The minimum absolute atomic E-state index is 0.174. The number of carbonyl (C=O) groups excluding carboxylic acids is 1. The molecule has 178 valence electrons. The summed E-state index contributed by atoms with van der Waals surface area (Å²) in [5.74, 6) is 0.174. The number of rotatable bonds is 20.